The van der Waals surface area contributed by atoms with E-state index in [1.165, 1.54) is 9.87 Å². The van der Waals surface area contributed by atoms with Gasteiger partial charge in [-0.25, -0.2) is 8.42 Å². The van der Waals surface area contributed by atoms with Crippen molar-refractivity contribution in [1.29, 1.82) is 0 Å². The molecule has 0 atom stereocenters. The monoisotopic (exact) mass is 420 g/mol. The molecule has 29 heavy (non-hydrogen) atoms. The first-order valence-corrected chi connectivity index (χ1v) is 11.3. The van der Waals surface area contributed by atoms with E-state index in [0.29, 0.717) is 50.6 Å². The summed E-state index contributed by atoms with van der Waals surface area (Å²) in [6.45, 7) is 6.04. The van der Waals surface area contributed by atoms with Gasteiger partial charge >= 0.3 is 0 Å². The van der Waals surface area contributed by atoms with Gasteiger partial charge in [-0.3, -0.25) is 9.69 Å². The number of hydrogen-bond acceptors (Lipinski definition) is 6. The molecule has 2 aromatic rings. The first-order valence-electron chi connectivity index (χ1n) is 9.84. The summed E-state index contributed by atoms with van der Waals surface area (Å²) in [7, 11) is -3.65. The number of carbonyl (C=O) groups excluding carboxylic acids is 1. The van der Waals surface area contributed by atoms with Gasteiger partial charge in [0, 0.05) is 26.2 Å². The molecule has 1 amide bonds. The zero-order valence-corrected chi connectivity index (χ0v) is 17.7. The molecule has 8 nitrogen and oxygen atoms in total. The van der Waals surface area contributed by atoms with E-state index in [4.69, 9.17) is 4.52 Å². The molecule has 158 valence electrons. The molecule has 1 aromatic heterocycles. The van der Waals surface area contributed by atoms with Gasteiger partial charge in [-0.1, -0.05) is 35.5 Å². The highest BCUT2D eigenvalue weighted by atomic mass is 32.2. The molecular formula is C20H28N4O4S. The zero-order chi connectivity index (χ0) is 20.9. The van der Waals surface area contributed by atoms with Gasteiger partial charge in [0.2, 0.25) is 15.9 Å². The van der Waals surface area contributed by atoms with Crippen LogP contribution in [0.2, 0.25) is 0 Å². The maximum Gasteiger partial charge on any atom is 0.248 e. The molecule has 0 radical (unpaired) electrons. The minimum Gasteiger partial charge on any atom is -0.360 e. The van der Waals surface area contributed by atoms with Gasteiger partial charge in [-0.15, -0.1) is 0 Å². The summed E-state index contributed by atoms with van der Waals surface area (Å²) in [6, 6.07) is 10.0. The summed E-state index contributed by atoms with van der Waals surface area (Å²) in [5.41, 5.74) is 1.56. The maximum absolute atomic E-state index is 13.0. The molecule has 1 N–H and O–H groups in total. The van der Waals surface area contributed by atoms with Crippen LogP contribution in [0.4, 0.5) is 0 Å². The number of rotatable bonds is 7. The molecule has 1 aliphatic rings. The van der Waals surface area contributed by atoms with Crippen molar-refractivity contribution in [2.45, 2.75) is 31.6 Å². The van der Waals surface area contributed by atoms with Crippen LogP contribution in [0.3, 0.4) is 0 Å². The topological polar surface area (TPSA) is 95.8 Å². The SMILES string of the molecule is Cc1noc(C)c1S(=O)(=O)N1CCCN(CC(=O)NCCc2ccccc2)CC1. The minimum absolute atomic E-state index is 0.0389. The van der Waals surface area contributed by atoms with Gasteiger partial charge in [0.25, 0.3) is 0 Å². The highest BCUT2D eigenvalue weighted by Crippen LogP contribution is 2.24. The number of nitrogens with zero attached hydrogens (tertiary/aromatic N) is 3. The van der Waals surface area contributed by atoms with Crippen LogP contribution in [-0.2, 0) is 21.2 Å². The van der Waals surface area contributed by atoms with Gasteiger partial charge < -0.3 is 9.84 Å². The molecule has 0 unspecified atom stereocenters. The normalized spacial score (nSPS) is 16.5. The summed E-state index contributed by atoms with van der Waals surface area (Å²) >= 11 is 0. The Labute approximate surface area is 171 Å². The fourth-order valence-electron chi connectivity index (χ4n) is 3.57. The van der Waals surface area contributed by atoms with E-state index in [1.54, 1.807) is 13.8 Å². The van der Waals surface area contributed by atoms with E-state index < -0.39 is 10.0 Å². The lowest BCUT2D eigenvalue weighted by Crippen LogP contribution is -2.40. The van der Waals surface area contributed by atoms with Crippen molar-refractivity contribution in [3.8, 4) is 0 Å². The second kappa shape index (κ2) is 9.51. The molecule has 9 heteroatoms. The highest BCUT2D eigenvalue weighted by Gasteiger charge is 2.32. The molecule has 1 aliphatic heterocycles. The molecular weight excluding hydrogens is 392 g/mol. The smallest absolute Gasteiger partial charge is 0.248 e. The second-order valence-electron chi connectivity index (χ2n) is 7.27. The van der Waals surface area contributed by atoms with Gasteiger partial charge in [-0.2, -0.15) is 4.31 Å². The molecule has 1 saturated heterocycles. The number of aryl methyl sites for hydroxylation is 2. The fraction of sp³-hybridized carbons (Fsp3) is 0.500. The van der Waals surface area contributed by atoms with Crippen molar-refractivity contribution in [2.75, 3.05) is 39.3 Å². The van der Waals surface area contributed by atoms with E-state index in [9.17, 15) is 13.2 Å². The second-order valence-corrected chi connectivity index (χ2v) is 9.15. The first-order chi connectivity index (χ1) is 13.9. The Kier molecular flexibility index (Phi) is 7.05. The Morgan fingerprint density at radius 1 is 1.14 bits per heavy atom. The predicted molar refractivity (Wildman–Crippen MR) is 109 cm³/mol. The molecule has 3 rings (SSSR count). The minimum atomic E-state index is -3.65. The van der Waals surface area contributed by atoms with E-state index in [1.807, 2.05) is 35.2 Å². The largest absolute Gasteiger partial charge is 0.360 e. The van der Waals surface area contributed by atoms with Gasteiger partial charge in [0.1, 0.15) is 10.6 Å². The van der Waals surface area contributed by atoms with Crippen LogP contribution in [0.5, 0.6) is 0 Å². The third-order valence-electron chi connectivity index (χ3n) is 5.06. The Hall–Kier alpha value is -2.23. The average Bonchev–Trinajstić information content (AvgIpc) is 2.89. The van der Waals surface area contributed by atoms with Crippen molar-refractivity contribution in [3.05, 3.63) is 47.3 Å². The number of sulfonamides is 1. The van der Waals surface area contributed by atoms with E-state index in [2.05, 4.69) is 10.5 Å². The third kappa shape index (κ3) is 5.43. The molecule has 0 aliphatic carbocycles. The van der Waals surface area contributed by atoms with Crippen molar-refractivity contribution >= 4 is 15.9 Å². The molecule has 0 bridgehead atoms. The van der Waals surface area contributed by atoms with Crippen LogP contribution in [0, 0.1) is 13.8 Å². The number of benzene rings is 1. The molecule has 1 fully saturated rings. The van der Waals surface area contributed by atoms with E-state index >= 15 is 0 Å². The fourth-order valence-corrected chi connectivity index (χ4v) is 5.33. The maximum atomic E-state index is 13.0. The zero-order valence-electron chi connectivity index (χ0n) is 16.9. The van der Waals surface area contributed by atoms with Crippen LogP contribution >= 0.6 is 0 Å². The van der Waals surface area contributed by atoms with Crippen molar-refractivity contribution < 1.29 is 17.7 Å². The van der Waals surface area contributed by atoms with E-state index in [0.717, 1.165) is 6.42 Å². The summed E-state index contributed by atoms with van der Waals surface area (Å²) < 4.78 is 32.4. The number of carbonyl (C=O) groups is 1. The standard InChI is InChI=1S/C20H28N4O4S/c1-16-20(17(2)28-22-16)29(26,27)24-12-6-11-23(13-14-24)15-19(25)21-10-9-18-7-4-3-5-8-18/h3-5,7-8H,6,9-15H2,1-2H3,(H,21,25). The molecule has 0 spiro atoms. The van der Waals surface area contributed by atoms with Crippen LogP contribution in [0.25, 0.3) is 0 Å². The van der Waals surface area contributed by atoms with Crippen LogP contribution in [0.15, 0.2) is 39.8 Å². The van der Waals surface area contributed by atoms with Crippen molar-refractivity contribution in [3.63, 3.8) is 0 Å². The number of amides is 1. The number of nitrogens with one attached hydrogen (secondary N) is 1. The lowest BCUT2D eigenvalue weighted by atomic mass is 10.1. The first kappa shape index (κ1) is 21.5. The summed E-state index contributed by atoms with van der Waals surface area (Å²) in [5, 5.41) is 6.71. The molecule has 1 aromatic carbocycles. The predicted octanol–water partition coefficient (Wildman–Crippen LogP) is 1.35. The number of aromatic nitrogens is 1. The lowest BCUT2D eigenvalue weighted by Gasteiger charge is -2.21. The Morgan fingerprint density at radius 3 is 2.59 bits per heavy atom. The van der Waals surface area contributed by atoms with Crippen molar-refractivity contribution in [2.24, 2.45) is 0 Å². The summed E-state index contributed by atoms with van der Waals surface area (Å²) in [4.78, 5) is 14.4. The molecule has 2 heterocycles. The molecule has 0 saturated carbocycles. The van der Waals surface area contributed by atoms with Crippen LogP contribution in [-0.4, -0.2) is 68.0 Å². The average molecular weight is 421 g/mol. The van der Waals surface area contributed by atoms with Crippen LogP contribution < -0.4 is 5.32 Å². The summed E-state index contributed by atoms with van der Waals surface area (Å²) in [5.74, 6) is 0.268. The van der Waals surface area contributed by atoms with E-state index in [-0.39, 0.29) is 17.3 Å². The van der Waals surface area contributed by atoms with Gasteiger partial charge in [0.05, 0.1) is 6.54 Å². The van der Waals surface area contributed by atoms with Gasteiger partial charge in [0.15, 0.2) is 5.76 Å². The third-order valence-corrected chi connectivity index (χ3v) is 7.20. The Bertz CT molecular complexity index is 908. The number of hydrogen-bond donors (Lipinski definition) is 1. The van der Waals surface area contributed by atoms with Gasteiger partial charge in [-0.05, 0) is 38.8 Å². The van der Waals surface area contributed by atoms with Crippen molar-refractivity contribution in [1.82, 2.24) is 19.7 Å². The lowest BCUT2D eigenvalue weighted by molar-refractivity contribution is -0.122. The Balaban J connectivity index is 1.50. The summed E-state index contributed by atoms with van der Waals surface area (Å²) in [6.07, 6.45) is 1.45. The Morgan fingerprint density at radius 2 is 1.90 bits per heavy atom. The highest BCUT2D eigenvalue weighted by molar-refractivity contribution is 7.89. The quantitative estimate of drug-likeness (QED) is 0.726. The van der Waals surface area contributed by atoms with Crippen LogP contribution in [0.1, 0.15) is 23.4 Å².